The summed E-state index contributed by atoms with van der Waals surface area (Å²) in [5.41, 5.74) is 3.79. The molecule has 0 unspecified atom stereocenters. The summed E-state index contributed by atoms with van der Waals surface area (Å²) in [5, 5.41) is 0.912. The van der Waals surface area contributed by atoms with Gasteiger partial charge in [0.1, 0.15) is 6.54 Å². The van der Waals surface area contributed by atoms with Gasteiger partial charge in [0.05, 0.1) is 27.6 Å². The fourth-order valence-electron chi connectivity index (χ4n) is 6.26. The van der Waals surface area contributed by atoms with E-state index in [-0.39, 0.29) is 18.4 Å². The molecule has 6 nitrogen and oxygen atoms in total. The molecule has 1 saturated carbocycles. The Kier molecular flexibility index (Phi) is 5.93. The van der Waals surface area contributed by atoms with Crippen molar-refractivity contribution in [3.63, 3.8) is 0 Å². The van der Waals surface area contributed by atoms with E-state index < -0.39 is 28.5 Å². The molecule has 3 aromatic rings. The van der Waals surface area contributed by atoms with Crippen LogP contribution in [0.1, 0.15) is 24.0 Å². The van der Waals surface area contributed by atoms with Gasteiger partial charge >= 0.3 is 6.18 Å². The molecule has 196 valence electrons. The molecule has 1 aliphatic heterocycles. The van der Waals surface area contributed by atoms with Gasteiger partial charge in [-0.2, -0.15) is 30.6 Å². The van der Waals surface area contributed by atoms with Gasteiger partial charge in [-0.1, -0.05) is 35.3 Å². The first kappa shape index (κ1) is 25.2. The second kappa shape index (κ2) is 8.71. The average molecular weight is 571 g/mol. The molecular weight excluding hydrogens is 548 g/mol. The van der Waals surface area contributed by atoms with Crippen LogP contribution in [0.15, 0.2) is 48.9 Å². The predicted molar refractivity (Wildman–Crippen MR) is 135 cm³/mol. The second-order valence-corrected chi connectivity index (χ2v) is 12.6. The van der Waals surface area contributed by atoms with Gasteiger partial charge in [0, 0.05) is 24.0 Å². The molecule has 2 aromatic carbocycles. The Hall–Kier alpha value is -2.11. The molecule has 3 atom stereocenters. The lowest BCUT2D eigenvalue weighted by atomic mass is 9.79. The Balaban J connectivity index is 1.29. The minimum Gasteiger partial charge on any atom is -0.306 e. The molecule has 37 heavy (non-hydrogen) atoms. The number of alkyl halides is 3. The second-order valence-electron chi connectivity index (χ2n) is 10.2. The van der Waals surface area contributed by atoms with E-state index in [4.69, 9.17) is 23.2 Å². The summed E-state index contributed by atoms with van der Waals surface area (Å²) in [4.78, 5) is 4.55. The minimum absolute atomic E-state index is 0.0635. The number of rotatable bonds is 3. The van der Waals surface area contributed by atoms with Gasteiger partial charge in [0.25, 0.3) is 10.2 Å². The van der Waals surface area contributed by atoms with Gasteiger partial charge < -0.3 is 4.57 Å². The number of aromatic nitrogens is 2. The van der Waals surface area contributed by atoms with Crippen LogP contribution < -0.4 is 4.72 Å². The summed E-state index contributed by atoms with van der Waals surface area (Å²) in [7, 11) is -4.21. The van der Waals surface area contributed by atoms with Crippen molar-refractivity contribution in [2.45, 2.75) is 37.4 Å². The van der Waals surface area contributed by atoms with E-state index in [0.29, 0.717) is 27.2 Å². The van der Waals surface area contributed by atoms with Gasteiger partial charge in [-0.3, -0.25) is 0 Å². The fraction of sp³-hybridized carbons (Fsp3) is 0.400. The lowest BCUT2D eigenvalue weighted by Crippen LogP contribution is -2.52. The SMILES string of the molecule is O=S1(=O)N[C@@]2(CN1CC(F)(F)F)[C@@H]1CC[C@H]2Cc2ccc(-c3cn(-c4ccc(Cl)c(Cl)c4)cn3)cc2C1. The van der Waals surface area contributed by atoms with Crippen LogP contribution in [-0.2, 0) is 23.1 Å². The molecule has 2 heterocycles. The minimum atomic E-state index is -4.59. The molecule has 1 N–H and O–H groups in total. The number of benzene rings is 2. The monoisotopic (exact) mass is 570 g/mol. The molecule has 2 bridgehead atoms. The first-order valence-electron chi connectivity index (χ1n) is 11.9. The number of nitrogens with one attached hydrogen (secondary N) is 1. The molecule has 2 aliphatic carbocycles. The van der Waals surface area contributed by atoms with Crippen molar-refractivity contribution in [3.8, 4) is 16.9 Å². The number of halogens is 5. The Morgan fingerprint density at radius 2 is 1.76 bits per heavy atom. The maximum Gasteiger partial charge on any atom is 0.402 e. The highest BCUT2D eigenvalue weighted by atomic mass is 35.5. The molecule has 1 spiro atoms. The molecule has 2 fully saturated rings. The maximum absolute atomic E-state index is 13.1. The van der Waals surface area contributed by atoms with Crippen LogP contribution in [0.2, 0.25) is 10.0 Å². The molecule has 3 aliphatic rings. The number of fused-ring (bicyclic) bond motifs is 1. The zero-order chi connectivity index (χ0) is 26.2. The molecule has 6 rings (SSSR count). The van der Waals surface area contributed by atoms with Gasteiger partial charge in [0.15, 0.2) is 0 Å². The molecule has 1 aromatic heterocycles. The standard InChI is InChI=1S/C25H23Cl2F3N4O2S/c26-21-6-5-20(10-22(21)27)33-11-23(31-14-33)16-2-1-15-8-18-3-4-19(9-17(15)7-16)24(18)12-34(13-25(28,29)30)37(35,36)32-24/h1-2,5-7,10-11,14,18-19,32H,3-4,8-9,12-13H2/t18-,19+,24+/m0/s1. The third kappa shape index (κ3) is 4.46. The van der Waals surface area contributed by atoms with Crippen molar-refractivity contribution >= 4 is 33.4 Å². The van der Waals surface area contributed by atoms with Gasteiger partial charge in [0.2, 0.25) is 0 Å². The zero-order valence-electron chi connectivity index (χ0n) is 19.5. The highest BCUT2D eigenvalue weighted by Gasteiger charge is 2.60. The smallest absolute Gasteiger partial charge is 0.306 e. The van der Waals surface area contributed by atoms with E-state index in [1.165, 1.54) is 0 Å². The lowest BCUT2D eigenvalue weighted by molar-refractivity contribution is -0.136. The summed E-state index contributed by atoms with van der Waals surface area (Å²) in [6.45, 7) is -1.62. The lowest BCUT2D eigenvalue weighted by Gasteiger charge is -2.33. The van der Waals surface area contributed by atoms with E-state index in [2.05, 4.69) is 15.8 Å². The number of hydrogen-bond acceptors (Lipinski definition) is 3. The third-order valence-electron chi connectivity index (χ3n) is 7.99. The van der Waals surface area contributed by atoms with Gasteiger partial charge in [-0.25, -0.2) is 4.98 Å². The summed E-state index contributed by atoms with van der Waals surface area (Å²) >= 11 is 12.2. The van der Waals surface area contributed by atoms with Crippen molar-refractivity contribution in [1.29, 1.82) is 0 Å². The Bertz CT molecular complexity index is 1490. The Morgan fingerprint density at radius 1 is 1.03 bits per heavy atom. The third-order valence-corrected chi connectivity index (χ3v) is 10.3. The van der Waals surface area contributed by atoms with Crippen LogP contribution >= 0.6 is 23.2 Å². The van der Waals surface area contributed by atoms with Crippen LogP contribution in [0.3, 0.4) is 0 Å². The topological polar surface area (TPSA) is 67.2 Å². The Labute approximate surface area is 222 Å². The first-order valence-corrected chi connectivity index (χ1v) is 14.1. The van der Waals surface area contributed by atoms with E-state index in [9.17, 15) is 21.6 Å². The number of hydrogen-bond donors (Lipinski definition) is 1. The zero-order valence-corrected chi connectivity index (χ0v) is 21.8. The van der Waals surface area contributed by atoms with Crippen molar-refractivity contribution in [2.75, 3.05) is 13.1 Å². The van der Waals surface area contributed by atoms with E-state index in [1.807, 2.05) is 29.0 Å². The molecular formula is C25H23Cl2F3N4O2S. The van der Waals surface area contributed by atoms with Crippen LogP contribution in [0.5, 0.6) is 0 Å². The van der Waals surface area contributed by atoms with Crippen molar-refractivity contribution < 1.29 is 21.6 Å². The summed E-state index contributed by atoms with van der Waals surface area (Å²) < 4.78 is 69.8. The number of nitrogens with zero attached hydrogens (tertiary/aromatic N) is 3. The molecule has 1 saturated heterocycles. The Morgan fingerprint density at radius 3 is 2.46 bits per heavy atom. The molecule has 0 amide bonds. The van der Waals surface area contributed by atoms with Crippen LogP contribution in [0, 0.1) is 11.8 Å². The summed E-state index contributed by atoms with van der Waals surface area (Å²) in [6.07, 6.45) is 1.75. The summed E-state index contributed by atoms with van der Waals surface area (Å²) in [6, 6.07) is 11.4. The van der Waals surface area contributed by atoms with Crippen LogP contribution in [0.4, 0.5) is 13.2 Å². The van der Waals surface area contributed by atoms with Crippen LogP contribution in [0.25, 0.3) is 16.9 Å². The summed E-state index contributed by atoms with van der Waals surface area (Å²) in [5.74, 6) is -0.151. The predicted octanol–water partition coefficient (Wildman–Crippen LogP) is 5.42. The van der Waals surface area contributed by atoms with Gasteiger partial charge in [-0.15, -0.1) is 0 Å². The van der Waals surface area contributed by atoms with E-state index in [0.717, 1.165) is 40.9 Å². The van der Waals surface area contributed by atoms with Crippen molar-refractivity contribution in [2.24, 2.45) is 11.8 Å². The normalized spacial score (nSPS) is 26.9. The largest absolute Gasteiger partial charge is 0.402 e. The van der Waals surface area contributed by atoms with Crippen LogP contribution in [-0.4, -0.2) is 47.1 Å². The average Bonchev–Trinajstić information content (AvgIpc) is 3.45. The highest BCUT2D eigenvalue weighted by Crippen LogP contribution is 2.50. The van der Waals surface area contributed by atoms with Gasteiger partial charge in [-0.05, 0) is 72.9 Å². The molecule has 0 radical (unpaired) electrons. The highest BCUT2D eigenvalue weighted by molar-refractivity contribution is 7.87. The fourth-order valence-corrected chi connectivity index (χ4v) is 8.26. The first-order chi connectivity index (χ1) is 17.4. The quantitative estimate of drug-likeness (QED) is 0.457. The number of imidazole rings is 1. The maximum atomic E-state index is 13.1. The molecule has 12 heteroatoms. The van der Waals surface area contributed by atoms with E-state index in [1.54, 1.807) is 18.5 Å². The van der Waals surface area contributed by atoms with Crippen molar-refractivity contribution in [1.82, 2.24) is 18.6 Å². The van der Waals surface area contributed by atoms with Crippen molar-refractivity contribution in [3.05, 3.63) is 70.1 Å². The van der Waals surface area contributed by atoms with E-state index >= 15 is 0 Å².